The minimum atomic E-state index is 0.244. The third kappa shape index (κ3) is 1.79. The van der Waals surface area contributed by atoms with Crippen LogP contribution in [-0.4, -0.2) is 10.1 Å². The predicted molar refractivity (Wildman–Crippen MR) is 79.4 cm³/mol. The van der Waals surface area contributed by atoms with Gasteiger partial charge in [0.1, 0.15) is 17.5 Å². The van der Waals surface area contributed by atoms with Gasteiger partial charge in [-0.3, -0.25) is 4.98 Å². The molecule has 0 fully saturated rings. The van der Waals surface area contributed by atoms with Crippen LogP contribution in [0.3, 0.4) is 0 Å². The molecule has 4 aromatic rings. The lowest BCUT2D eigenvalue weighted by molar-refractivity contribution is 0.439. The Hall–Kier alpha value is -3.08. The van der Waals surface area contributed by atoms with Gasteiger partial charge in [-0.25, -0.2) is 0 Å². The first-order valence-corrected chi connectivity index (χ1v) is 6.48. The highest BCUT2D eigenvalue weighted by Crippen LogP contribution is 2.38. The SMILES string of the molecule is Nc1onc(-c2coc3ccccc23)c1-c1ccccn1. The van der Waals surface area contributed by atoms with Crippen LogP contribution in [0.5, 0.6) is 0 Å². The second-order valence-electron chi connectivity index (χ2n) is 4.63. The highest BCUT2D eigenvalue weighted by atomic mass is 16.5. The van der Waals surface area contributed by atoms with Gasteiger partial charge in [-0.1, -0.05) is 29.4 Å². The Morgan fingerprint density at radius 1 is 1.00 bits per heavy atom. The monoisotopic (exact) mass is 277 g/mol. The summed E-state index contributed by atoms with van der Waals surface area (Å²) in [6.07, 6.45) is 3.37. The fourth-order valence-corrected chi connectivity index (χ4v) is 2.41. The lowest BCUT2D eigenvalue weighted by Crippen LogP contribution is -1.89. The first kappa shape index (κ1) is 11.7. The van der Waals surface area contributed by atoms with E-state index in [1.165, 1.54) is 0 Å². The quantitative estimate of drug-likeness (QED) is 0.604. The van der Waals surface area contributed by atoms with E-state index in [2.05, 4.69) is 10.1 Å². The van der Waals surface area contributed by atoms with Crippen LogP contribution < -0.4 is 5.73 Å². The van der Waals surface area contributed by atoms with Crippen LogP contribution in [0.1, 0.15) is 0 Å². The second-order valence-corrected chi connectivity index (χ2v) is 4.63. The molecule has 4 rings (SSSR count). The number of para-hydroxylation sites is 1. The molecule has 102 valence electrons. The van der Waals surface area contributed by atoms with E-state index in [1.54, 1.807) is 12.5 Å². The smallest absolute Gasteiger partial charge is 0.232 e. The fraction of sp³-hybridized carbons (Fsp3) is 0. The van der Waals surface area contributed by atoms with E-state index in [0.29, 0.717) is 11.3 Å². The summed E-state index contributed by atoms with van der Waals surface area (Å²) in [5.41, 5.74) is 9.59. The summed E-state index contributed by atoms with van der Waals surface area (Å²) < 4.78 is 10.7. The molecule has 0 amide bonds. The van der Waals surface area contributed by atoms with Gasteiger partial charge < -0.3 is 14.7 Å². The lowest BCUT2D eigenvalue weighted by Gasteiger charge is -2.00. The number of nitrogen functional groups attached to an aromatic ring is 1. The van der Waals surface area contributed by atoms with E-state index >= 15 is 0 Å². The van der Waals surface area contributed by atoms with E-state index in [-0.39, 0.29) is 5.88 Å². The first-order chi connectivity index (χ1) is 10.3. The van der Waals surface area contributed by atoms with Crippen molar-refractivity contribution >= 4 is 16.9 Å². The van der Waals surface area contributed by atoms with Crippen LogP contribution in [-0.2, 0) is 0 Å². The minimum Gasteiger partial charge on any atom is -0.464 e. The average Bonchev–Trinajstić information content (AvgIpc) is 3.11. The zero-order valence-corrected chi connectivity index (χ0v) is 11.0. The van der Waals surface area contributed by atoms with Crippen molar-refractivity contribution in [3.05, 3.63) is 54.9 Å². The zero-order valence-electron chi connectivity index (χ0n) is 11.0. The summed E-state index contributed by atoms with van der Waals surface area (Å²) in [4.78, 5) is 4.32. The number of hydrogen-bond donors (Lipinski definition) is 1. The number of pyridine rings is 1. The van der Waals surface area contributed by atoms with E-state index in [0.717, 1.165) is 22.2 Å². The third-order valence-corrected chi connectivity index (χ3v) is 3.38. The van der Waals surface area contributed by atoms with Gasteiger partial charge in [0, 0.05) is 11.6 Å². The number of anilines is 1. The molecule has 3 aromatic heterocycles. The predicted octanol–water partition coefficient (Wildman–Crippen LogP) is 3.73. The molecule has 1 aromatic carbocycles. The Morgan fingerprint density at radius 2 is 1.86 bits per heavy atom. The molecule has 0 bridgehead atoms. The van der Waals surface area contributed by atoms with Crippen molar-refractivity contribution in [1.82, 2.24) is 10.1 Å². The number of hydrogen-bond acceptors (Lipinski definition) is 5. The maximum atomic E-state index is 5.92. The fourth-order valence-electron chi connectivity index (χ4n) is 2.41. The summed E-state index contributed by atoms with van der Waals surface area (Å²) in [6, 6.07) is 13.4. The number of rotatable bonds is 2. The van der Waals surface area contributed by atoms with Gasteiger partial charge in [0.15, 0.2) is 0 Å². The summed E-state index contributed by atoms with van der Waals surface area (Å²) in [5, 5.41) is 5.05. The normalized spacial score (nSPS) is 11.0. The van der Waals surface area contributed by atoms with Crippen LogP contribution in [0.15, 0.2) is 63.9 Å². The van der Waals surface area contributed by atoms with Crippen molar-refractivity contribution in [3.63, 3.8) is 0 Å². The van der Waals surface area contributed by atoms with Gasteiger partial charge in [0.2, 0.25) is 5.88 Å². The largest absolute Gasteiger partial charge is 0.464 e. The van der Waals surface area contributed by atoms with E-state index in [4.69, 9.17) is 14.7 Å². The van der Waals surface area contributed by atoms with E-state index in [9.17, 15) is 0 Å². The Bertz CT molecular complexity index is 910. The molecule has 5 nitrogen and oxygen atoms in total. The Balaban J connectivity index is 1.98. The molecule has 2 N–H and O–H groups in total. The maximum Gasteiger partial charge on any atom is 0.232 e. The van der Waals surface area contributed by atoms with Crippen molar-refractivity contribution in [2.75, 3.05) is 5.73 Å². The first-order valence-electron chi connectivity index (χ1n) is 6.48. The maximum absolute atomic E-state index is 5.92. The van der Waals surface area contributed by atoms with Crippen LogP contribution in [0.4, 0.5) is 5.88 Å². The van der Waals surface area contributed by atoms with E-state index < -0.39 is 0 Å². The molecule has 0 atom stereocenters. The minimum absolute atomic E-state index is 0.244. The molecular weight excluding hydrogens is 266 g/mol. The standard InChI is InChI=1S/C16H11N3O2/c17-16-14(12-6-3-4-8-18-12)15(19-21-16)11-9-20-13-7-2-1-5-10(11)13/h1-9H,17H2. The van der Waals surface area contributed by atoms with Crippen molar-refractivity contribution < 1.29 is 8.94 Å². The van der Waals surface area contributed by atoms with Gasteiger partial charge in [-0.15, -0.1) is 0 Å². The van der Waals surface area contributed by atoms with Gasteiger partial charge >= 0.3 is 0 Å². The number of nitrogens with two attached hydrogens (primary N) is 1. The molecule has 0 aliphatic heterocycles. The topological polar surface area (TPSA) is 78.1 Å². The summed E-state index contributed by atoms with van der Waals surface area (Å²) in [5.74, 6) is 0.244. The highest BCUT2D eigenvalue weighted by molar-refractivity contribution is 5.98. The van der Waals surface area contributed by atoms with Crippen molar-refractivity contribution in [1.29, 1.82) is 0 Å². The second kappa shape index (κ2) is 4.49. The van der Waals surface area contributed by atoms with Crippen LogP contribution in [0.2, 0.25) is 0 Å². The summed E-state index contributed by atoms with van der Waals surface area (Å²) >= 11 is 0. The van der Waals surface area contributed by atoms with Gasteiger partial charge in [-0.05, 0) is 18.2 Å². The Kier molecular flexibility index (Phi) is 2.50. The molecule has 0 saturated heterocycles. The summed E-state index contributed by atoms with van der Waals surface area (Å²) in [7, 11) is 0. The molecular formula is C16H11N3O2. The zero-order chi connectivity index (χ0) is 14.2. The number of benzene rings is 1. The lowest BCUT2D eigenvalue weighted by atomic mass is 10.0. The number of furan rings is 1. The molecule has 0 aliphatic carbocycles. The Morgan fingerprint density at radius 3 is 2.71 bits per heavy atom. The number of fused-ring (bicyclic) bond motifs is 1. The molecule has 0 aliphatic rings. The van der Waals surface area contributed by atoms with Gasteiger partial charge in [0.25, 0.3) is 0 Å². The van der Waals surface area contributed by atoms with Crippen LogP contribution >= 0.6 is 0 Å². The number of nitrogens with zero attached hydrogens (tertiary/aromatic N) is 2. The molecule has 0 unspecified atom stereocenters. The highest BCUT2D eigenvalue weighted by Gasteiger charge is 2.21. The van der Waals surface area contributed by atoms with Crippen molar-refractivity contribution in [3.8, 4) is 22.5 Å². The molecule has 0 spiro atoms. The average molecular weight is 277 g/mol. The molecule has 0 radical (unpaired) electrons. The van der Waals surface area contributed by atoms with Gasteiger partial charge in [0.05, 0.1) is 16.8 Å². The molecule has 3 heterocycles. The van der Waals surface area contributed by atoms with Crippen LogP contribution in [0, 0.1) is 0 Å². The Labute approximate surface area is 120 Å². The third-order valence-electron chi connectivity index (χ3n) is 3.38. The van der Waals surface area contributed by atoms with Crippen molar-refractivity contribution in [2.24, 2.45) is 0 Å². The molecule has 5 heteroatoms. The molecule has 0 saturated carbocycles. The van der Waals surface area contributed by atoms with Crippen molar-refractivity contribution in [2.45, 2.75) is 0 Å². The van der Waals surface area contributed by atoms with E-state index in [1.807, 2.05) is 42.5 Å². The summed E-state index contributed by atoms with van der Waals surface area (Å²) in [6.45, 7) is 0. The molecule has 21 heavy (non-hydrogen) atoms. The van der Waals surface area contributed by atoms with Gasteiger partial charge in [-0.2, -0.15) is 0 Å². The number of aromatic nitrogens is 2. The van der Waals surface area contributed by atoms with Crippen LogP contribution in [0.25, 0.3) is 33.5 Å².